The average Bonchev–Trinajstić information content (AvgIpc) is 2.31. The summed E-state index contributed by atoms with van der Waals surface area (Å²) in [4.78, 5) is 11.4. The summed E-state index contributed by atoms with van der Waals surface area (Å²) in [6, 6.07) is 11.6. The van der Waals surface area contributed by atoms with Gasteiger partial charge >= 0.3 is 5.69 Å². The Hall–Kier alpha value is -1.88. The Balaban J connectivity index is 2.44. The van der Waals surface area contributed by atoms with E-state index in [-0.39, 0.29) is 0 Å². The van der Waals surface area contributed by atoms with Crippen LogP contribution in [-0.4, -0.2) is 4.92 Å². The standard InChI is InChI=1S/C13H10FNO2S/c1-9-5-2-3-7-11(9)18-12-8-4-6-10(14)13(12)15(16)17/h2-8H,1H3. The van der Waals surface area contributed by atoms with Crippen LogP contribution in [0.25, 0.3) is 0 Å². The van der Waals surface area contributed by atoms with Crippen molar-refractivity contribution in [1.29, 1.82) is 0 Å². The maximum Gasteiger partial charge on any atom is 0.318 e. The fourth-order valence-electron chi connectivity index (χ4n) is 1.54. The Morgan fingerprint density at radius 2 is 1.78 bits per heavy atom. The topological polar surface area (TPSA) is 43.1 Å². The lowest BCUT2D eigenvalue weighted by atomic mass is 10.2. The highest BCUT2D eigenvalue weighted by atomic mass is 32.2. The first-order valence-electron chi connectivity index (χ1n) is 5.26. The summed E-state index contributed by atoms with van der Waals surface area (Å²) < 4.78 is 13.4. The number of halogens is 1. The van der Waals surface area contributed by atoms with E-state index >= 15 is 0 Å². The van der Waals surface area contributed by atoms with Crippen LogP contribution < -0.4 is 0 Å². The molecule has 3 nitrogen and oxygen atoms in total. The maximum absolute atomic E-state index is 13.4. The van der Waals surface area contributed by atoms with Gasteiger partial charge in [0, 0.05) is 4.90 Å². The minimum absolute atomic E-state index is 0.314. The number of nitrogens with zero attached hydrogens (tertiary/aromatic N) is 1. The molecule has 18 heavy (non-hydrogen) atoms. The van der Waals surface area contributed by atoms with Gasteiger partial charge in [-0.1, -0.05) is 36.0 Å². The molecule has 2 aromatic rings. The first kappa shape index (κ1) is 12.6. The molecule has 2 rings (SSSR count). The van der Waals surface area contributed by atoms with Crippen molar-refractivity contribution in [3.63, 3.8) is 0 Å². The monoisotopic (exact) mass is 263 g/mol. The van der Waals surface area contributed by atoms with E-state index in [4.69, 9.17) is 0 Å². The Bertz CT molecular complexity index is 601. The zero-order valence-electron chi connectivity index (χ0n) is 9.59. The molecule has 92 valence electrons. The van der Waals surface area contributed by atoms with Crippen molar-refractivity contribution in [2.24, 2.45) is 0 Å². The molecule has 0 bridgehead atoms. The van der Waals surface area contributed by atoms with Gasteiger partial charge in [0.25, 0.3) is 0 Å². The third-order valence-electron chi connectivity index (χ3n) is 2.45. The van der Waals surface area contributed by atoms with E-state index in [2.05, 4.69) is 0 Å². The molecule has 0 fully saturated rings. The van der Waals surface area contributed by atoms with E-state index in [1.54, 1.807) is 6.07 Å². The molecule has 0 radical (unpaired) electrons. The normalized spacial score (nSPS) is 10.3. The SMILES string of the molecule is Cc1ccccc1Sc1cccc(F)c1[N+](=O)[O-]. The number of aryl methyl sites for hydroxylation is 1. The minimum atomic E-state index is -0.807. The van der Waals surface area contributed by atoms with E-state index in [0.717, 1.165) is 16.5 Å². The zero-order valence-corrected chi connectivity index (χ0v) is 10.4. The fourth-order valence-corrected chi connectivity index (χ4v) is 2.57. The molecule has 2 aromatic carbocycles. The highest BCUT2D eigenvalue weighted by Gasteiger charge is 2.20. The van der Waals surface area contributed by atoms with Crippen LogP contribution >= 0.6 is 11.8 Å². The molecule has 0 unspecified atom stereocenters. The molecular weight excluding hydrogens is 253 g/mol. The van der Waals surface area contributed by atoms with Crippen LogP contribution in [-0.2, 0) is 0 Å². The van der Waals surface area contributed by atoms with E-state index in [1.807, 2.05) is 31.2 Å². The molecule has 0 atom stereocenters. The first-order valence-corrected chi connectivity index (χ1v) is 6.07. The zero-order chi connectivity index (χ0) is 13.1. The van der Waals surface area contributed by atoms with Crippen LogP contribution in [0, 0.1) is 22.9 Å². The van der Waals surface area contributed by atoms with Gasteiger partial charge in [-0.05, 0) is 30.7 Å². The van der Waals surface area contributed by atoms with Crippen molar-refractivity contribution >= 4 is 17.4 Å². The van der Waals surface area contributed by atoms with Crippen LogP contribution in [0.15, 0.2) is 52.3 Å². The van der Waals surface area contributed by atoms with E-state index in [9.17, 15) is 14.5 Å². The first-order chi connectivity index (χ1) is 8.59. The molecule has 0 spiro atoms. The lowest BCUT2D eigenvalue weighted by Crippen LogP contribution is -1.94. The van der Waals surface area contributed by atoms with Crippen LogP contribution in [0.4, 0.5) is 10.1 Å². The van der Waals surface area contributed by atoms with E-state index in [1.165, 1.54) is 17.8 Å². The smallest absolute Gasteiger partial charge is 0.258 e. The predicted octanol–water partition coefficient (Wildman–Crippen LogP) is 4.19. The largest absolute Gasteiger partial charge is 0.318 e. The van der Waals surface area contributed by atoms with Gasteiger partial charge in [-0.2, -0.15) is 4.39 Å². The maximum atomic E-state index is 13.4. The summed E-state index contributed by atoms with van der Waals surface area (Å²) >= 11 is 1.20. The van der Waals surface area contributed by atoms with Crippen LogP contribution in [0.1, 0.15) is 5.56 Å². The van der Waals surface area contributed by atoms with Crippen molar-refractivity contribution < 1.29 is 9.31 Å². The summed E-state index contributed by atoms with van der Waals surface area (Å²) in [7, 11) is 0. The van der Waals surface area contributed by atoms with Crippen LogP contribution in [0.3, 0.4) is 0 Å². The number of benzene rings is 2. The Kier molecular flexibility index (Phi) is 3.62. The summed E-state index contributed by atoms with van der Waals surface area (Å²) in [6.07, 6.45) is 0. The van der Waals surface area contributed by atoms with E-state index < -0.39 is 16.4 Å². The Labute approximate surface area is 108 Å². The lowest BCUT2D eigenvalue weighted by Gasteiger charge is -2.06. The van der Waals surface area contributed by atoms with Crippen LogP contribution in [0.5, 0.6) is 0 Å². The predicted molar refractivity (Wildman–Crippen MR) is 68.4 cm³/mol. The fraction of sp³-hybridized carbons (Fsp3) is 0.0769. The summed E-state index contributed by atoms with van der Waals surface area (Å²) in [5, 5.41) is 10.9. The number of hydrogen-bond donors (Lipinski definition) is 0. The van der Waals surface area contributed by atoms with Gasteiger partial charge in [-0.25, -0.2) is 0 Å². The molecule has 0 aromatic heterocycles. The molecular formula is C13H10FNO2S. The molecule has 0 aliphatic rings. The quantitative estimate of drug-likeness (QED) is 0.616. The van der Waals surface area contributed by atoms with Gasteiger partial charge in [0.2, 0.25) is 5.82 Å². The highest BCUT2D eigenvalue weighted by Crippen LogP contribution is 2.37. The molecule has 0 saturated carbocycles. The number of hydrogen-bond acceptors (Lipinski definition) is 3. The second-order valence-electron chi connectivity index (χ2n) is 3.71. The highest BCUT2D eigenvalue weighted by molar-refractivity contribution is 7.99. The lowest BCUT2D eigenvalue weighted by molar-refractivity contribution is -0.390. The summed E-state index contributed by atoms with van der Waals surface area (Å²) in [5.74, 6) is -0.807. The summed E-state index contributed by atoms with van der Waals surface area (Å²) in [5.41, 5.74) is 0.534. The molecule has 0 aliphatic heterocycles. The van der Waals surface area contributed by atoms with Crippen molar-refractivity contribution in [1.82, 2.24) is 0 Å². The van der Waals surface area contributed by atoms with Gasteiger partial charge in [0.05, 0.1) is 9.82 Å². The average molecular weight is 263 g/mol. The third-order valence-corrected chi connectivity index (χ3v) is 3.67. The molecule has 0 amide bonds. The van der Waals surface area contributed by atoms with E-state index in [0.29, 0.717) is 4.90 Å². The molecule has 0 aliphatic carbocycles. The molecule has 0 N–H and O–H groups in total. The molecule has 0 heterocycles. The minimum Gasteiger partial charge on any atom is -0.258 e. The third kappa shape index (κ3) is 2.51. The summed E-state index contributed by atoms with van der Waals surface area (Å²) in [6.45, 7) is 1.91. The van der Waals surface area contributed by atoms with Gasteiger partial charge < -0.3 is 0 Å². The molecule has 5 heteroatoms. The molecule has 0 saturated heterocycles. The Morgan fingerprint density at radius 1 is 1.11 bits per heavy atom. The number of rotatable bonds is 3. The number of para-hydroxylation sites is 1. The van der Waals surface area contributed by atoms with Gasteiger partial charge in [0.15, 0.2) is 0 Å². The van der Waals surface area contributed by atoms with Gasteiger partial charge in [-0.15, -0.1) is 0 Å². The van der Waals surface area contributed by atoms with Crippen molar-refractivity contribution in [2.75, 3.05) is 0 Å². The Morgan fingerprint density at radius 3 is 2.44 bits per heavy atom. The van der Waals surface area contributed by atoms with Gasteiger partial charge in [-0.3, -0.25) is 10.1 Å². The van der Waals surface area contributed by atoms with Crippen molar-refractivity contribution in [3.8, 4) is 0 Å². The number of nitro groups is 1. The number of nitro benzene ring substituents is 1. The van der Waals surface area contributed by atoms with Gasteiger partial charge in [0.1, 0.15) is 0 Å². The van der Waals surface area contributed by atoms with Crippen molar-refractivity contribution in [3.05, 3.63) is 64.0 Å². The van der Waals surface area contributed by atoms with Crippen LogP contribution in [0.2, 0.25) is 0 Å². The second kappa shape index (κ2) is 5.18. The second-order valence-corrected chi connectivity index (χ2v) is 4.80. The van der Waals surface area contributed by atoms with Crippen molar-refractivity contribution in [2.45, 2.75) is 16.7 Å².